The fourth-order valence-electron chi connectivity index (χ4n) is 3.85. The van der Waals surface area contributed by atoms with Crippen LogP contribution in [0, 0.1) is 0 Å². The number of hydrogen-bond donors (Lipinski definition) is 0. The predicted octanol–water partition coefficient (Wildman–Crippen LogP) is 4.26. The van der Waals surface area contributed by atoms with Crippen LogP contribution in [-0.2, 0) is 11.8 Å². The predicted molar refractivity (Wildman–Crippen MR) is 89.8 cm³/mol. The molecule has 0 radical (unpaired) electrons. The number of fused-ring (bicyclic) bond motifs is 1. The smallest absolute Gasteiger partial charge is 0.0209 e. The number of benzene rings is 2. The van der Waals surface area contributed by atoms with Crippen LogP contribution in [0.15, 0.2) is 54.6 Å². The molecule has 2 aromatic rings. The van der Waals surface area contributed by atoms with Gasteiger partial charge in [0, 0.05) is 5.41 Å². The van der Waals surface area contributed by atoms with E-state index in [0.717, 1.165) is 6.54 Å². The molecule has 1 nitrogen and oxygen atoms in total. The molecule has 0 amide bonds. The molecule has 1 heteroatoms. The molecule has 2 aromatic carbocycles. The van der Waals surface area contributed by atoms with Crippen LogP contribution in [-0.4, -0.2) is 25.5 Å². The summed E-state index contributed by atoms with van der Waals surface area (Å²) < 4.78 is 0. The second-order valence-electron chi connectivity index (χ2n) is 6.51. The fraction of sp³-hybridized carbons (Fsp3) is 0.400. The van der Waals surface area contributed by atoms with Crippen molar-refractivity contribution in [2.45, 2.75) is 31.1 Å². The van der Waals surface area contributed by atoms with Gasteiger partial charge in [-0.15, -0.1) is 0 Å². The molecule has 21 heavy (non-hydrogen) atoms. The Morgan fingerprint density at radius 3 is 2.43 bits per heavy atom. The summed E-state index contributed by atoms with van der Waals surface area (Å²) in [5, 5.41) is 0. The third-order valence-electron chi connectivity index (χ3n) is 4.89. The first-order valence-corrected chi connectivity index (χ1v) is 8.01. The Morgan fingerprint density at radius 2 is 1.67 bits per heavy atom. The zero-order chi connectivity index (χ0) is 14.7. The topological polar surface area (TPSA) is 3.24 Å². The standard InChI is InChI=1S/C20H25N/c1-21(2)16-8-14-20(18-10-4-3-5-11-18)15-13-17-9-6-7-12-19(17)20/h3-7,9-12H,8,13-16H2,1-2H3. The van der Waals surface area contributed by atoms with E-state index in [1.807, 2.05) is 0 Å². The first kappa shape index (κ1) is 14.3. The van der Waals surface area contributed by atoms with Crippen molar-refractivity contribution in [1.29, 1.82) is 0 Å². The Bertz CT molecular complexity index is 588. The third kappa shape index (κ3) is 2.75. The molecule has 3 rings (SSSR count). The first-order valence-electron chi connectivity index (χ1n) is 8.01. The average molecular weight is 279 g/mol. The molecule has 0 heterocycles. The number of rotatable bonds is 5. The fourth-order valence-corrected chi connectivity index (χ4v) is 3.85. The van der Waals surface area contributed by atoms with Crippen LogP contribution in [0.4, 0.5) is 0 Å². The molecule has 1 atom stereocenters. The monoisotopic (exact) mass is 279 g/mol. The summed E-state index contributed by atoms with van der Waals surface area (Å²) in [5.74, 6) is 0. The van der Waals surface area contributed by atoms with E-state index in [9.17, 15) is 0 Å². The molecule has 1 aliphatic rings. The lowest BCUT2D eigenvalue weighted by molar-refractivity contribution is 0.359. The summed E-state index contributed by atoms with van der Waals surface area (Å²) in [6, 6.07) is 20.2. The minimum Gasteiger partial charge on any atom is -0.309 e. The molecule has 0 spiro atoms. The van der Waals surface area contributed by atoms with Gasteiger partial charge >= 0.3 is 0 Å². The largest absolute Gasteiger partial charge is 0.309 e. The van der Waals surface area contributed by atoms with Crippen molar-refractivity contribution in [3.05, 3.63) is 71.3 Å². The first-order chi connectivity index (χ1) is 10.2. The lowest BCUT2D eigenvalue weighted by Crippen LogP contribution is -2.26. The molecule has 0 fully saturated rings. The van der Waals surface area contributed by atoms with E-state index in [4.69, 9.17) is 0 Å². The minimum atomic E-state index is 0.230. The van der Waals surface area contributed by atoms with Crippen molar-refractivity contribution in [3.8, 4) is 0 Å². The van der Waals surface area contributed by atoms with Gasteiger partial charge in [0.1, 0.15) is 0 Å². The maximum absolute atomic E-state index is 2.35. The van der Waals surface area contributed by atoms with Gasteiger partial charge in [-0.25, -0.2) is 0 Å². The number of nitrogens with zero attached hydrogens (tertiary/aromatic N) is 1. The van der Waals surface area contributed by atoms with E-state index >= 15 is 0 Å². The maximum atomic E-state index is 2.35. The van der Waals surface area contributed by atoms with Crippen molar-refractivity contribution >= 4 is 0 Å². The van der Waals surface area contributed by atoms with Crippen LogP contribution in [0.3, 0.4) is 0 Å². The van der Waals surface area contributed by atoms with E-state index in [2.05, 4.69) is 73.6 Å². The maximum Gasteiger partial charge on any atom is 0.0209 e. The molecule has 0 saturated carbocycles. The zero-order valence-electron chi connectivity index (χ0n) is 13.2. The van der Waals surface area contributed by atoms with E-state index in [1.54, 1.807) is 11.1 Å². The lowest BCUT2D eigenvalue weighted by atomic mass is 9.72. The lowest BCUT2D eigenvalue weighted by Gasteiger charge is -2.32. The zero-order valence-corrected chi connectivity index (χ0v) is 13.2. The molecule has 0 aliphatic heterocycles. The molecule has 0 N–H and O–H groups in total. The highest BCUT2D eigenvalue weighted by atomic mass is 15.0. The van der Waals surface area contributed by atoms with Crippen molar-refractivity contribution in [3.63, 3.8) is 0 Å². The van der Waals surface area contributed by atoms with Crippen LogP contribution in [0.25, 0.3) is 0 Å². The van der Waals surface area contributed by atoms with Gasteiger partial charge in [-0.05, 0) is 63.0 Å². The second kappa shape index (κ2) is 6.03. The normalized spacial score (nSPS) is 20.7. The van der Waals surface area contributed by atoms with Gasteiger partial charge in [-0.3, -0.25) is 0 Å². The van der Waals surface area contributed by atoms with Gasteiger partial charge in [-0.1, -0.05) is 54.6 Å². The highest BCUT2D eigenvalue weighted by Gasteiger charge is 2.39. The van der Waals surface area contributed by atoms with Crippen LogP contribution in [0.5, 0.6) is 0 Å². The number of hydrogen-bond acceptors (Lipinski definition) is 1. The summed E-state index contributed by atoms with van der Waals surface area (Å²) in [6.45, 7) is 1.16. The van der Waals surface area contributed by atoms with Gasteiger partial charge in [0.05, 0.1) is 0 Å². The van der Waals surface area contributed by atoms with Crippen LogP contribution in [0.1, 0.15) is 36.0 Å². The summed E-state index contributed by atoms with van der Waals surface area (Å²) >= 11 is 0. The molecule has 0 aromatic heterocycles. The molecule has 0 saturated heterocycles. The van der Waals surface area contributed by atoms with Gasteiger partial charge in [-0.2, -0.15) is 0 Å². The van der Waals surface area contributed by atoms with Crippen molar-refractivity contribution in [2.75, 3.05) is 20.6 Å². The SMILES string of the molecule is CN(C)CCCC1(c2ccccc2)CCc2ccccc21. The van der Waals surface area contributed by atoms with E-state index < -0.39 is 0 Å². The van der Waals surface area contributed by atoms with Crippen molar-refractivity contribution in [2.24, 2.45) is 0 Å². The molecule has 1 unspecified atom stereocenters. The van der Waals surface area contributed by atoms with Crippen molar-refractivity contribution in [1.82, 2.24) is 4.90 Å². The molecule has 0 bridgehead atoms. The summed E-state index contributed by atoms with van der Waals surface area (Å²) in [6.07, 6.45) is 4.96. The van der Waals surface area contributed by atoms with Crippen LogP contribution < -0.4 is 0 Å². The highest BCUT2D eigenvalue weighted by Crippen LogP contribution is 2.47. The average Bonchev–Trinajstić information content (AvgIpc) is 2.88. The van der Waals surface area contributed by atoms with E-state index in [-0.39, 0.29) is 5.41 Å². The Hall–Kier alpha value is -1.60. The third-order valence-corrected chi connectivity index (χ3v) is 4.89. The Morgan fingerprint density at radius 1 is 0.952 bits per heavy atom. The quantitative estimate of drug-likeness (QED) is 0.790. The number of aryl methyl sites for hydroxylation is 1. The Labute approximate surface area is 128 Å². The Kier molecular flexibility index (Phi) is 4.12. The van der Waals surface area contributed by atoms with E-state index in [0.29, 0.717) is 0 Å². The van der Waals surface area contributed by atoms with Crippen molar-refractivity contribution < 1.29 is 0 Å². The van der Waals surface area contributed by atoms with E-state index in [1.165, 1.54) is 31.2 Å². The molecule has 1 aliphatic carbocycles. The summed E-state index contributed by atoms with van der Waals surface area (Å²) in [7, 11) is 4.33. The molecule has 110 valence electrons. The molecular formula is C20H25N. The van der Waals surface area contributed by atoms with Gasteiger partial charge in [0.15, 0.2) is 0 Å². The summed E-state index contributed by atoms with van der Waals surface area (Å²) in [4.78, 5) is 2.29. The minimum absolute atomic E-state index is 0.230. The Balaban J connectivity index is 1.97. The van der Waals surface area contributed by atoms with Crippen LogP contribution in [0.2, 0.25) is 0 Å². The second-order valence-corrected chi connectivity index (χ2v) is 6.51. The van der Waals surface area contributed by atoms with Gasteiger partial charge in [0.2, 0.25) is 0 Å². The highest BCUT2D eigenvalue weighted by molar-refractivity contribution is 5.47. The molecular weight excluding hydrogens is 254 g/mol. The van der Waals surface area contributed by atoms with Gasteiger partial charge < -0.3 is 4.90 Å². The van der Waals surface area contributed by atoms with Crippen LogP contribution >= 0.6 is 0 Å². The summed E-state index contributed by atoms with van der Waals surface area (Å²) in [5.41, 5.74) is 4.84. The van der Waals surface area contributed by atoms with Gasteiger partial charge in [0.25, 0.3) is 0 Å².